The van der Waals surface area contributed by atoms with Crippen molar-refractivity contribution in [3.8, 4) is 0 Å². The van der Waals surface area contributed by atoms with E-state index in [1.54, 1.807) is 0 Å². The number of nitrogens with one attached hydrogen (secondary N) is 1. The van der Waals surface area contributed by atoms with Crippen LogP contribution in [0.15, 0.2) is 24.3 Å². The van der Waals surface area contributed by atoms with Gasteiger partial charge in [-0.25, -0.2) is 4.79 Å². The maximum atomic E-state index is 10.5. The zero-order valence-electron chi connectivity index (χ0n) is 7.00. The Morgan fingerprint density at radius 3 is 2.75 bits per heavy atom. The molecule has 3 nitrogen and oxygen atoms in total. The second-order valence-electron chi connectivity index (χ2n) is 2.50. The predicted molar refractivity (Wildman–Crippen MR) is 52.3 cm³/mol. The molecule has 1 aromatic carbocycles. The van der Waals surface area contributed by atoms with Crippen LogP contribution in [0.4, 0.5) is 10.5 Å². The first kappa shape index (κ1) is 8.65. The Hall–Kier alpha value is -1.45. The fourth-order valence-electron chi connectivity index (χ4n) is 1.08. The second kappa shape index (κ2) is 3.81. The van der Waals surface area contributed by atoms with Crippen LogP contribution in [0, 0.1) is 0 Å². The Balaban J connectivity index is 2.89. The van der Waals surface area contributed by atoms with Gasteiger partial charge in [0.1, 0.15) is 0 Å². The van der Waals surface area contributed by atoms with Gasteiger partial charge in [-0.1, -0.05) is 30.5 Å². The topological polar surface area (TPSA) is 55.1 Å². The zero-order chi connectivity index (χ0) is 8.97. The number of hydrogen-bond donors (Lipinski definition) is 2. The van der Waals surface area contributed by atoms with E-state index in [0.29, 0.717) is 0 Å². The monoisotopic (exact) mass is 162 g/mol. The summed E-state index contributed by atoms with van der Waals surface area (Å²) in [7, 11) is 0.885. The van der Waals surface area contributed by atoms with Crippen molar-refractivity contribution in [3.63, 3.8) is 0 Å². The molecule has 0 heterocycles. The lowest BCUT2D eigenvalue weighted by molar-refractivity contribution is 0.259. The van der Waals surface area contributed by atoms with Crippen molar-refractivity contribution in [1.29, 1.82) is 0 Å². The predicted octanol–water partition coefficient (Wildman–Crippen LogP) is 0.287. The van der Waals surface area contributed by atoms with E-state index in [-0.39, 0.29) is 0 Å². The molecule has 4 heteroatoms. The van der Waals surface area contributed by atoms with Crippen LogP contribution in [-0.2, 0) is 0 Å². The molecule has 0 unspecified atom stereocenters. The molecule has 0 spiro atoms. The number of amides is 2. The summed E-state index contributed by atoms with van der Waals surface area (Å²) >= 11 is 0. The molecule has 0 radical (unpaired) electrons. The third kappa shape index (κ3) is 2.02. The summed E-state index contributed by atoms with van der Waals surface area (Å²) in [5.41, 5.74) is 6.89. The fourth-order valence-corrected chi connectivity index (χ4v) is 1.08. The minimum absolute atomic E-state index is 0.518. The van der Waals surface area contributed by atoms with Gasteiger partial charge in [-0.15, -0.1) is 0 Å². The molecule has 0 saturated carbocycles. The number of primary amides is 1. The van der Waals surface area contributed by atoms with Crippen molar-refractivity contribution in [2.45, 2.75) is 6.82 Å². The van der Waals surface area contributed by atoms with E-state index in [1.165, 1.54) is 0 Å². The molecule has 62 valence electrons. The summed E-state index contributed by atoms with van der Waals surface area (Å²) < 4.78 is 0. The van der Waals surface area contributed by atoms with Crippen LogP contribution in [0.3, 0.4) is 0 Å². The van der Waals surface area contributed by atoms with E-state index in [4.69, 9.17) is 5.73 Å². The van der Waals surface area contributed by atoms with Crippen molar-refractivity contribution >= 4 is 24.5 Å². The molecule has 0 bridgehead atoms. The van der Waals surface area contributed by atoms with E-state index in [0.717, 1.165) is 18.4 Å². The molecule has 1 rings (SSSR count). The third-order valence-corrected chi connectivity index (χ3v) is 1.66. The van der Waals surface area contributed by atoms with Gasteiger partial charge in [0.2, 0.25) is 0 Å². The van der Waals surface area contributed by atoms with E-state index in [9.17, 15) is 4.79 Å². The Labute approximate surface area is 72.2 Å². The molecule has 3 N–H and O–H groups in total. The number of benzene rings is 1. The molecule has 0 aliphatic carbocycles. The summed E-state index contributed by atoms with van der Waals surface area (Å²) in [6, 6.07) is 7.08. The molecule has 0 fully saturated rings. The summed E-state index contributed by atoms with van der Waals surface area (Å²) in [5, 5.41) is 2.56. The van der Waals surface area contributed by atoms with Crippen molar-refractivity contribution in [1.82, 2.24) is 0 Å². The summed E-state index contributed by atoms with van der Waals surface area (Å²) in [6.45, 7) is 2.03. The maximum Gasteiger partial charge on any atom is 0.316 e. The number of urea groups is 1. The molecule has 0 atom stereocenters. The van der Waals surface area contributed by atoms with Crippen molar-refractivity contribution < 1.29 is 4.79 Å². The van der Waals surface area contributed by atoms with Gasteiger partial charge in [0.05, 0.1) is 0 Å². The second-order valence-corrected chi connectivity index (χ2v) is 2.50. The number of para-hydroxylation sites is 1. The zero-order valence-corrected chi connectivity index (χ0v) is 7.00. The molecule has 1 aromatic rings. The van der Waals surface area contributed by atoms with Gasteiger partial charge in [0.25, 0.3) is 0 Å². The van der Waals surface area contributed by atoms with Crippen LogP contribution in [0.2, 0.25) is 6.82 Å². The average molecular weight is 162 g/mol. The Kier molecular flexibility index (Phi) is 2.74. The molecule has 0 aliphatic rings. The molecule has 2 amide bonds. The van der Waals surface area contributed by atoms with Gasteiger partial charge in [-0.3, -0.25) is 0 Å². The molecule has 0 saturated heterocycles. The number of anilines is 1. The maximum absolute atomic E-state index is 10.5. The lowest BCUT2D eigenvalue weighted by Gasteiger charge is -2.05. The van der Waals surface area contributed by atoms with Crippen LogP contribution in [0.25, 0.3) is 0 Å². The molecular weight excluding hydrogens is 151 g/mol. The van der Waals surface area contributed by atoms with Crippen molar-refractivity contribution in [2.75, 3.05) is 5.32 Å². The Morgan fingerprint density at radius 2 is 2.17 bits per heavy atom. The quantitative estimate of drug-likeness (QED) is 0.603. The van der Waals surface area contributed by atoms with E-state index >= 15 is 0 Å². The van der Waals surface area contributed by atoms with E-state index < -0.39 is 6.03 Å². The Bertz CT molecular complexity index is 288. The number of rotatable bonds is 2. The lowest BCUT2D eigenvalue weighted by atomic mass is 9.72. The highest BCUT2D eigenvalue weighted by Gasteiger charge is 2.00. The Morgan fingerprint density at radius 1 is 1.50 bits per heavy atom. The first-order chi connectivity index (χ1) is 5.74. The normalized spacial score (nSPS) is 9.08. The summed E-state index contributed by atoms with van der Waals surface area (Å²) in [5.74, 6) is 0. The summed E-state index contributed by atoms with van der Waals surface area (Å²) in [4.78, 5) is 10.5. The van der Waals surface area contributed by atoms with Gasteiger partial charge < -0.3 is 11.1 Å². The van der Waals surface area contributed by atoms with Crippen LogP contribution >= 0.6 is 0 Å². The van der Waals surface area contributed by atoms with Crippen LogP contribution in [0.5, 0.6) is 0 Å². The highest BCUT2D eigenvalue weighted by molar-refractivity contribution is 6.54. The molecular formula is C8H11BN2O. The van der Waals surface area contributed by atoms with Gasteiger partial charge in [-0.2, -0.15) is 0 Å². The molecule has 0 aromatic heterocycles. The van der Waals surface area contributed by atoms with Gasteiger partial charge in [0.15, 0.2) is 7.28 Å². The minimum atomic E-state index is -0.518. The van der Waals surface area contributed by atoms with Gasteiger partial charge in [0, 0.05) is 5.69 Å². The molecule has 0 aliphatic heterocycles. The first-order valence-corrected chi connectivity index (χ1v) is 3.88. The molecule has 12 heavy (non-hydrogen) atoms. The number of hydrogen-bond acceptors (Lipinski definition) is 1. The van der Waals surface area contributed by atoms with Gasteiger partial charge in [-0.05, 0) is 6.07 Å². The third-order valence-electron chi connectivity index (χ3n) is 1.66. The first-order valence-electron chi connectivity index (χ1n) is 3.88. The van der Waals surface area contributed by atoms with E-state index in [2.05, 4.69) is 5.32 Å². The van der Waals surface area contributed by atoms with Crippen LogP contribution < -0.4 is 16.5 Å². The highest BCUT2D eigenvalue weighted by atomic mass is 16.2. The van der Waals surface area contributed by atoms with Crippen LogP contribution in [-0.4, -0.2) is 13.3 Å². The smallest absolute Gasteiger partial charge is 0.316 e. The fraction of sp³-hybridized carbons (Fsp3) is 0.125. The lowest BCUT2D eigenvalue weighted by Crippen LogP contribution is -2.25. The summed E-state index contributed by atoms with van der Waals surface area (Å²) in [6.07, 6.45) is 0. The SMILES string of the molecule is CBc1ccccc1NC(N)=O. The average Bonchev–Trinajstić information content (AvgIpc) is 2.04. The standard InChI is InChI=1S/C8H11BN2O/c1-9-6-4-2-3-5-7(6)11-8(10)12/h2-5,9H,1H3,(H3,10,11,12). The number of carbonyl (C=O) groups excluding carboxylic acids is 1. The highest BCUT2D eigenvalue weighted by Crippen LogP contribution is 2.01. The largest absolute Gasteiger partial charge is 0.351 e. The van der Waals surface area contributed by atoms with Gasteiger partial charge >= 0.3 is 6.03 Å². The van der Waals surface area contributed by atoms with Crippen LogP contribution in [0.1, 0.15) is 0 Å². The number of nitrogens with two attached hydrogens (primary N) is 1. The van der Waals surface area contributed by atoms with Crippen molar-refractivity contribution in [2.24, 2.45) is 5.73 Å². The van der Waals surface area contributed by atoms with E-state index in [1.807, 2.05) is 31.1 Å². The number of carbonyl (C=O) groups is 1. The minimum Gasteiger partial charge on any atom is -0.351 e. The van der Waals surface area contributed by atoms with Crippen molar-refractivity contribution in [3.05, 3.63) is 24.3 Å².